The van der Waals surface area contributed by atoms with E-state index in [9.17, 15) is 4.79 Å². The lowest BCUT2D eigenvalue weighted by Crippen LogP contribution is -2.58. The molecule has 0 bridgehead atoms. The number of carbonyl (C=O) groups is 1. The summed E-state index contributed by atoms with van der Waals surface area (Å²) in [6.07, 6.45) is 18.0. The van der Waals surface area contributed by atoms with Crippen LogP contribution in [-0.4, -0.2) is 5.78 Å². The topological polar surface area (TPSA) is 43.1 Å². The van der Waals surface area contributed by atoms with E-state index in [1.54, 1.807) is 6.20 Å². The van der Waals surface area contributed by atoms with Crippen LogP contribution in [0.3, 0.4) is 0 Å². The summed E-state index contributed by atoms with van der Waals surface area (Å²) in [6, 6.07) is 0. The highest BCUT2D eigenvalue weighted by molar-refractivity contribution is 5.83. The number of hydrogen-bond donors (Lipinski definition) is 1. The van der Waals surface area contributed by atoms with Gasteiger partial charge in [0.05, 0.1) is 0 Å². The molecule has 0 spiro atoms. The summed E-state index contributed by atoms with van der Waals surface area (Å²) in [4.78, 5) is 13.5. The number of Topliss-reactive ketones (excluding diaryl/α,β-unsaturated/α-hetero) is 1. The second-order valence-electron chi connectivity index (χ2n) is 12.9. The normalized spacial score (nSPS) is 46.1. The van der Waals surface area contributed by atoms with Crippen molar-refractivity contribution in [3.63, 3.8) is 0 Å². The largest absolute Gasteiger partial charge is 0.405 e. The molecular formula is C29H49NO. The molecule has 2 unspecified atom stereocenters. The van der Waals surface area contributed by atoms with Gasteiger partial charge in [-0.15, -0.1) is 0 Å². The summed E-state index contributed by atoms with van der Waals surface area (Å²) in [7, 11) is 0. The van der Waals surface area contributed by atoms with E-state index in [2.05, 4.69) is 40.7 Å². The smallest absolute Gasteiger partial charge is 0.136 e. The van der Waals surface area contributed by atoms with Gasteiger partial charge in [0.25, 0.3) is 0 Å². The maximum Gasteiger partial charge on any atom is 0.136 e. The maximum atomic E-state index is 13.5. The van der Waals surface area contributed by atoms with Gasteiger partial charge in [-0.3, -0.25) is 4.79 Å². The molecule has 0 aromatic rings. The lowest BCUT2D eigenvalue weighted by molar-refractivity contribution is -0.160. The second-order valence-corrected chi connectivity index (χ2v) is 12.9. The van der Waals surface area contributed by atoms with Crippen LogP contribution in [0.5, 0.6) is 0 Å². The van der Waals surface area contributed by atoms with Crippen LogP contribution in [0.4, 0.5) is 0 Å². The Kier molecular flexibility index (Phi) is 6.68. The van der Waals surface area contributed by atoms with Crippen LogP contribution in [0, 0.1) is 58.2 Å². The first-order valence-electron chi connectivity index (χ1n) is 13.6. The van der Waals surface area contributed by atoms with E-state index in [1.807, 2.05) is 0 Å². The molecular weight excluding hydrogens is 378 g/mol. The quantitative estimate of drug-likeness (QED) is 0.480. The first-order valence-corrected chi connectivity index (χ1v) is 13.6. The average Bonchev–Trinajstić information content (AvgIpc) is 3.06. The summed E-state index contributed by atoms with van der Waals surface area (Å²) in [5.41, 5.74) is 6.48. The van der Waals surface area contributed by atoms with Crippen LogP contribution in [0.25, 0.3) is 0 Å². The Morgan fingerprint density at radius 2 is 1.81 bits per heavy atom. The molecule has 0 amide bonds. The standard InChI is InChI=1S/C29H49NO/c1-19(2)8-6-9-20(3)23-12-13-24-22-18-27(31)26-11-7-10-21(15-17-30)29(26,5)25(22)14-16-28(23,24)4/h15,17,19-26H,6-14,16,18,30H2,1-5H3/t20-,21?,22+,23-,24+,25+,26?,28-,29-/m1/s1. The molecule has 0 saturated heterocycles. The average molecular weight is 428 g/mol. The molecule has 31 heavy (non-hydrogen) atoms. The van der Waals surface area contributed by atoms with Gasteiger partial charge in [-0.05, 0) is 97.0 Å². The van der Waals surface area contributed by atoms with E-state index in [0.29, 0.717) is 29.0 Å². The van der Waals surface area contributed by atoms with Crippen molar-refractivity contribution in [1.82, 2.24) is 0 Å². The SMILES string of the molecule is CC(C)CCC[C@@H](C)[C@H]1CC[C@H]2[C@@H]3CC(=O)C4CCCC(C=CN)[C@]4(C)[C@H]3CC[C@]12C. The predicted molar refractivity (Wildman–Crippen MR) is 130 cm³/mol. The molecule has 0 aliphatic heterocycles. The van der Waals surface area contributed by atoms with E-state index >= 15 is 0 Å². The summed E-state index contributed by atoms with van der Waals surface area (Å²) >= 11 is 0. The first kappa shape index (κ1) is 23.4. The van der Waals surface area contributed by atoms with Crippen LogP contribution < -0.4 is 5.73 Å². The zero-order valence-corrected chi connectivity index (χ0v) is 21.0. The Labute approximate surface area is 192 Å². The highest BCUT2D eigenvalue weighted by Gasteiger charge is 2.63. The summed E-state index contributed by atoms with van der Waals surface area (Å²) in [6.45, 7) is 12.4. The van der Waals surface area contributed by atoms with Crippen molar-refractivity contribution in [2.45, 2.75) is 105 Å². The van der Waals surface area contributed by atoms with Crippen molar-refractivity contribution < 1.29 is 4.79 Å². The van der Waals surface area contributed by atoms with E-state index in [0.717, 1.165) is 36.5 Å². The molecule has 4 fully saturated rings. The Hall–Kier alpha value is -0.790. The van der Waals surface area contributed by atoms with Gasteiger partial charge >= 0.3 is 0 Å². The molecule has 2 nitrogen and oxygen atoms in total. The van der Waals surface area contributed by atoms with Gasteiger partial charge in [-0.1, -0.05) is 66.4 Å². The molecule has 4 saturated carbocycles. The number of ketones is 1. The van der Waals surface area contributed by atoms with Crippen molar-refractivity contribution >= 4 is 5.78 Å². The number of nitrogens with two attached hydrogens (primary N) is 1. The van der Waals surface area contributed by atoms with Crippen LogP contribution in [0.2, 0.25) is 0 Å². The van der Waals surface area contributed by atoms with Crippen molar-refractivity contribution in [3.05, 3.63) is 12.3 Å². The fourth-order valence-corrected chi connectivity index (χ4v) is 9.64. The fraction of sp³-hybridized carbons (Fsp3) is 0.897. The number of rotatable bonds is 6. The molecule has 2 heteroatoms. The summed E-state index contributed by atoms with van der Waals surface area (Å²) < 4.78 is 0. The molecule has 176 valence electrons. The third-order valence-corrected chi connectivity index (χ3v) is 11.2. The minimum Gasteiger partial charge on any atom is -0.405 e. The molecule has 0 radical (unpaired) electrons. The van der Waals surface area contributed by atoms with E-state index < -0.39 is 0 Å². The van der Waals surface area contributed by atoms with Gasteiger partial charge in [0.15, 0.2) is 0 Å². The molecule has 9 atom stereocenters. The number of allylic oxidation sites excluding steroid dienone is 1. The Morgan fingerprint density at radius 3 is 2.52 bits per heavy atom. The van der Waals surface area contributed by atoms with Crippen LogP contribution in [0.1, 0.15) is 105 Å². The summed E-state index contributed by atoms with van der Waals surface area (Å²) in [5.74, 6) is 5.96. The van der Waals surface area contributed by atoms with Gasteiger partial charge in [-0.2, -0.15) is 0 Å². The lowest BCUT2D eigenvalue weighted by atomic mass is 9.42. The Balaban J connectivity index is 1.56. The van der Waals surface area contributed by atoms with Crippen LogP contribution in [-0.2, 0) is 4.79 Å². The minimum atomic E-state index is 0.135. The fourth-order valence-electron chi connectivity index (χ4n) is 9.64. The predicted octanol–water partition coefficient (Wildman–Crippen LogP) is 7.38. The molecule has 4 aliphatic carbocycles. The molecule has 0 aromatic carbocycles. The molecule has 4 rings (SSSR count). The number of carbonyl (C=O) groups excluding carboxylic acids is 1. The van der Waals surface area contributed by atoms with Crippen LogP contribution in [0.15, 0.2) is 12.3 Å². The van der Waals surface area contributed by atoms with Gasteiger partial charge in [-0.25, -0.2) is 0 Å². The van der Waals surface area contributed by atoms with Crippen molar-refractivity contribution in [3.8, 4) is 0 Å². The van der Waals surface area contributed by atoms with Crippen molar-refractivity contribution in [2.24, 2.45) is 63.9 Å². The van der Waals surface area contributed by atoms with Gasteiger partial charge in [0.2, 0.25) is 0 Å². The van der Waals surface area contributed by atoms with Gasteiger partial charge in [0.1, 0.15) is 5.78 Å². The first-order chi connectivity index (χ1) is 14.7. The van der Waals surface area contributed by atoms with Crippen molar-refractivity contribution in [2.75, 3.05) is 0 Å². The zero-order chi connectivity index (χ0) is 22.4. The molecule has 4 aliphatic rings. The molecule has 0 heterocycles. The highest BCUT2D eigenvalue weighted by Crippen LogP contribution is 2.68. The van der Waals surface area contributed by atoms with Gasteiger partial charge in [0, 0.05) is 12.3 Å². The summed E-state index contributed by atoms with van der Waals surface area (Å²) in [5, 5.41) is 0. The lowest BCUT2D eigenvalue weighted by Gasteiger charge is -2.62. The van der Waals surface area contributed by atoms with Crippen molar-refractivity contribution in [1.29, 1.82) is 0 Å². The number of fused-ring (bicyclic) bond motifs is 5. The zero-order valence-electron chi connectivity index (χ0n) is 21.0. The third-order valence-electron chi connectivity index (χ3n) is 11.2. The minimum absolute atomic E-state index is 0.135. The van der Waals surface area contributed by atoms with Gasteiger partial charge < -0.3 is 5.73 Å². The Morgan fingerprint density at radius 1 is 1.03 bits per heavy atom. The maximum absolute atomic E-state index is 13.5. The second kappa shape index (κ2) is 8.86. The molecule has 2 N–H and O–H groups in total. The Bertz CT molecular complexity index is 682. The molecule has 0 aromatic heterocycles. The third kappa shape index (κ3) is 3.82. The van der Waals surface area contributed by atoms with Crippen LogP contribution >= 0.6 is 0 Å². The highest BCUT2D eigenvalue weighted by atomic mass is 16.1. The monoisotopic (exact) mass is 427 g/mol. The number of hydrogen-bond acceptors (Lipinski definition) is 2. The van der Waals surface area contributed by atoms with E-state index in [1.165, 1.54) is 57.8 Å². The van der Waals surface area contributed by atoms with E-state index in [4.69, 9.17) is 5.73 Å². The van der Waals surface area contributed by atoms with E-state index in [-0.39, 0.29) is 11.3 Å².